The zero-order valence-corrected chi connectivity index (χ0v) is 9.42. The van der Waals surface area contributed by atoms with Crippen LogP contribution in [-0.4, -0.2) is 44.7 Å². The molecule has 1 saturated heterocycles. The molecule has 1 aromatic heterocycles. The summed E-state index contributed by atoms with van der Waals surface area (Å²) in [4.78, 5) is 24.1. The van der Waals surface area contributed by atoms with E-state index < -0.39 is 5.97 Å². The van der Waals surface area contributed by atoms with Crippen molar-refractivity contribution in [2.45, 2.75) is 32.4 Å². The quantitative estimate of drug-likeness (QED) is 0.808. The molecule has 0 saturated carbocycles. The summed E-state index contributed by atoms with van der Waals surface area (Å²) in [6, 6.07) is -0.145. The van der Waals surface area contributed by atoms with Crippen LogP contribution in [0.1, 0.15) is 35.9 Å². The lowest BCUT2D eigenvalue weighted by atomic mass is 10.1. The Hall–Kier alpha value is -1.76. The Labute approximate surface area is 97.4 Å². The number of carboxylic acid groups (broad SMARTS) is 1. The van der Waals surface area contributed by atoms with Gasteiger partial charge in [-0.25, -0.2) is 9.42 Å². The molecule has 0 spiro atoms. The third-order valence-electron chi connectivity index (χ3n) is 2.94. The molecule has 17 heavy (non-hydrogen) atoms. The summed E-state index contributed by atoms with van der Waals surface area (Å²) < 4.78 is 4.42. The molecule has 7 heteroatoms. The minimum Gasteiger partial charge on any atom is -0.476 e. The molecule has 1 N–H and O–H groups in total. The van der Waals surface area contributed by atoms with Crippen LogP contribution in [0.2, 0.25) is 0 Å². The number of nitrogens with zero attached hydrogens (tertiary/aromatic N) is 3. The number of ketones is 1. The summed E-state index contributed by atoms with van der Waals surface area (Å²) in [5, 5.41) is 15.8. The second-order valence-electron chi connectivity index (χ2n) is 4.10. The van der Waals surface area contributed by atoms with Crippen LogP contribution in [0.5, 0.6) is 0 Å². The molecule has 0 radical (unpaired) electrons. The zero-order chi connectivity index (χ0) is 12.4. The molecule has 2 heterocycles. The van der Waals surface area contributed by atoms with E-state index in [2.05, 4.69) is 14.9 Å². The maximum atomic E-state index is 11.4. The second-order valence-corrected chi connectivity index (χ2v) is 4.10. The maximum absolute atomic E-state index is 11.4. The van der Waals surface area contributed by atoms with Gasteiger partial charge in [0.15, 0.2) is 0 Å². The molecule has 2 rings (SSSR count). The van der Waals surface area contributed by atoms with Crippen LogP contribution < -0.4 is 0 Å². The van der Waals surface area contributed by atoms with E-state index in [0.717, 1.165) is 19.4 Å². The SMILES string of the molecule is CC(=O)C1CCCN1Cc1nonc1C(=O)O. The number of hydrogen-bond donors (Lipinski definition) is 1. The van der Waals surface area contributed by atoms with Crippen LogP contribution in [-0.2, 0) is 11.3 Å². The lowest BCUT2D eigenvalue weighted by Crippen LogP contribution is -2.34. The van der Waals surface area contributed by atoms with Crippen molar-refractivity contribution in [3.8, 4) is 0 Å². The summed E-state index contributed by atoms with van der Waals surface area (Å²) in [5.41, 5.74) is 0.0878. The van der Waals surface area contributed by atoms with E-state index in [1.54, 1.807) is 6.92 Å². The summed E-state index contributed by atoms with van der Waals surface area (Å²) in [5.74, 6) is -1.07. The molecule has 0 amide bonds. The number of aromatic carboxylic acids is 1. The molecule has 1 aliphatic heterocycles. The second kappa shape index (κ2) is 4.62. The van der Waals surface area contributed by atoms with E-state index >= 15 is 0 Å². The fraction of sp³-hybridized carbons (Fsp3) is 0.600. The van der Waals surface area contributed by atoms with Crippen molar-refractivity contribution in [2.24, 2.45) is 0 Å². The first-order valence-electron chi connectivity index (χ1n) is 5.39. The van der Waals surface area contributed by atoms with Crippen LogP contribution in [0.3, 0.4) is 0 Å². The van der Waals surface area contributed by atoms with Crippen LogP contribution in [0.25, 0.3) is 0 Å². The smallest absolute Gasteiger partial charge is 0.360 e. The first-order chi connectivity index (χ1) is 8.09. The first kappa shape index (κ1) is 11.7. The van der Waals surface area contributed by atoms with Gasteiger partial charge in [0.05, 0.1) is 6.04 Å². The number of likely N-dealkylation sites (tertiary alicyclic amines) is 1. The Kier molecular flexibility index (Phi) is 3.19. The van der Waals surface area contributed by atoms with E-state index in [1.165, 1.54) is 0 Å². The molecule has 0 aliphatic carbocycles. The summed E-state index contributed by atoms with van der Waals surface area (Å²) >= 11 is 0. The first-order valence-corrected chi connectivity index (χ1v) is 5.39. The summed E-state index contributed by atoms with van der Waals surface area (Å²) in [7, 11) is 0. The Morgan fingerprint density at radius 1 is 1.53 bits per heavy atom. The van der Waals surface area contributed by atoms with Crippen molar-refractivity contribution in [1.29, 1.82) is 0 Å². The average molecular weight is 239 g/mol. The van der Waals surface area contributed by atoms with Gasteiger partial charge in [-0.3, -0.25) is 9.69 Å². The third-order valence-corrected chi connectivity index (χ3v) is 2.94. The predicted octanol–water partition coefficient (Wildman–Crippen LogP) is 0.321. The van der Waals surface area contributed by atoms with E-state index in [4.69, 9.17) is 5.11 Å². The third kappa shape index (κ3) is 2.33. The molecular formula is C10H13N3O4. The van der Waals surface area contributed by atoms with Crippen molar-refractivity contribution in [3.63, 3.8) is 0 Å². The molecule has 1 fully saturated rings. The predicted molar refractivity (Wildman–Crippen MR) is 55.4 cm³/mol. The highest BCUT2D eigenvalue weighted by molar-refractivity contribution is 5.86. The number of carbonyl (C=O) groups excluding carboxylic acids is 1. The van der Waals surface area contributed by atoms with Gasteiger partial charge in [0.2, 0.25) is 5.69 Å². The van der Waals surface area contributed by atoms with Gasteiger partial charge in [0.1, 0.15) is 11.5 Å². The van der Waals surface area contributed by atoms with E-state index in [0.29, 0.717) is 0 Å². The number of rotatable bonds is 4. The Morgan fingerprint density at radius 3 is 2.94 bits per heavy atom. The van der Waals surface area contributed by atoms with E-state index in [9.17, 15) is 9.59 Å². The van der Waals surface area contributed by atoms with Crippen LogP contribution in [0.15, 0.2) is 4.63 Å². The van der Waals surface area contributed by atoms with Crippen LogP contribution in [0.4, 0.5) is 0 Å². The number of aromatic nitrogens is 2. The molecule has 0 aromatic carbocycles. The van der Waals surface area contributed by atoms with Crippen molar-refractivity contribution in [2.75, 3.05) is 6.54 Å². The van der Waals surface area contributed by atoms with Gasteiger partial charge in [-0.05, 0) is 31.5 Å². The number of carboxylic acids is 1. The van der Waals surface area contributed by atoms with Crippen molar-refractivity contribution in [3.05, 3.63) is 11.4 Å². The largest absolute Gasteiger partial charge is 0.476 e. The Bertz CT molecular complexity index is 443. The zero-order valence-electron chi connectivity index (χ0n) is 9.42. The highest BCUT2D eigenvalue weighted by Crippen LogP contribution is 2.20. The molecule has 92 valence electrons. The molecule has 1 aliphatic rings. The molecule has 1 atom stereocenters. The summed E-state index contributed by atoms with van der Waals surface area (Å²) in [6.45, 7) is 2.59. The fourth-order valence-electron chi connectivity index (χ4n) is 2.14. The van der Waals surface area contributed by atoms with Gasteiger partial charge < -0.3 is 5.11 Å². The monoisotopic (exact) mass is 239 g/mol. The Morgan fingerprint density at radius 2 is 2.29 bits per heavy atom. The molecule has 7 nitrogen and oxygen atoms in total. The van der Waals surface area contributed by atoms with Gasteiger partial charge in [-0.2, -0.15) is 0 Å². The number of hydrogen-bond acceptors (Lipinski definition) is 6. The molecule has 0 bridgehead atoms. The van der Waals surface area contributed by atoms with Gasteiger partial charge >= 0.3 is 5.97 Å². The van der Waals surface area contributed by atoms with Crippen LogP contribution >= 0.6 is 0 Å². The van der Waals surface area contributed by atoms with E-state index in [1.807, 2.05) is 4.90 Å². The van der Waals surface area contributed by atoms with E-state index in [-0.39, 0.29) is 29.8 Å². The summed E-state index contributed by atoms with van der Waals surface area (Å²) in [6.07, 6.45) is 1.74. The van der Waals surface area contributed by atoms with Gasteiger partial charge in [0, 0.05) is 6.54 Å². The van der Waals surface area contributed by atoms with Crippen molar-refractivity contribution >= 4 is 11.8 Å². The normalized spacial score (nSPS) is 20.6. The topological polar surface area (TPSA) is 96.5 Å². The maximum Gasteiger partial charge on any atom is 0.360 e. The van der Waals surface area contributed by atoms with Gasteiger partial charge in [0.25, 0.3) is 0 Å². The minimum absolute atomic E-state index is 0.0934. The van der Waals surface area contributed by atoms with Gasteiger partial charge in [-0.1, -0.05) is 5.16 Å². The lowest BCUT2D eigenvalue weighted by molar-refractivity contribution is -0.121. The Balaban J connectivity index is 2.12. The highest BCUT2D eigenvalue weighted by Gasteiger charge is 2.30. The number of Topliss-reactive ketones (excluding diaryl/α,β-unsaturated/α-hetero) is 1. The molecule has 1 aromatic rings. The number of carbonyl (C=O) groups is 2. The standard InChI is InChI=1S/C10H13N3O4/c1-6(14)8-3-2-4-13(8)5-7-9(10(15)16)12-17-11-7/h8H,2-5H2,1H3,(H,15,16). The fourth-order valence-corrected chi connectivity index (χ4v) is 2.14. The highest BCUT2D eigenvalue weighted by atomic mass is 16.6. The van der Waals surface area contributed by atoms with Crippen LogP contribution in [0, 0.1) is 0 Å². The van der Waals surface area contributed by atoms with Crippen molar-refractivity contribution < 1.29 is 19.3 Å². The minimum atomic E-state index is -1.17. The average Bonchev–Trinajstić information content (AvgIpc) is 2.86. The lowest BCUT2D eigenvalue weighted by Gasteiger charge is -2.20. The van der Waals surface area contributed by atoms with Gasteiger partial charge in [-0.15, -0.1) is 0 Å². The van der Waals surface area contributed by atoms with Crippen molar-refractivity contribution in [1.82, 2.24) is 15.2 Å². The molecule has 1 unspecified atom stereocenters. The molecular weight excluding hydrogens is 226 g/mol.